The van der Waals surface area contributed by atoms with Gasteiger partial charge in [-0.1, -0.05) is 346 Å². The highest BCUT2D eigenvalue weighted by molar-refractivity contribution is 6.12. The Labute approximate surface area is 827 Å². The molecule has 27 rings (SSSR count). The molecule has 0 saturated heterocycles. The minimum absolute atomic E-state index is 0.0647. The van der Waals surface area contributed by atoms with Crippen LogP contribution < -0.4 is 0 Å². The third-order valence-corrected chi connectivity index (χ3v) is 29.9. The Balaban J connectivity index is 0.000000113. The molecule has 2 atom stereocenters. The normalized spacial score (nSPS) is 14.6. The first-order valence-corrected chi connectivity index (χ1v) is 49.0. The minimum Gasteiger partial charge on any atom is -0.456 e. The van der Waals surface area contributed by atoms with Crippen molar-refractivity contribution in [2.45, 2.75) is 71.6 Å². The average Bonchev–Trinajstić information content (AvgIpc) is 1.54. The van der Waals surface area contributed by atoms with Crippen molar-refractivity contribution in [1.29, 1.82) is 0 Å². The molecule has 0 N–H and O–H groups in total. The van der Waals surface area contributed by atoms with Crippen LogP contribution in [-0.2, 0) is 16.2 Å². The van der Waals surface area contributed by atoms with Gasteiger partial charge in [-0.05, 0) is 222 Å². The highest BCUT2D eigenvalue weighted by Crippen LogP contribution is 2.60. The maximum Gasteiger partial charge on any atom is 0.182 e. The number of hydrogen-bond donors (Lipinski definition) is 0. The smallest absolute Gasteiger partial charge is 0.182 e. The Kier molecular flexibility index (Phi) is 21.2. The monoisotopic (exact) mass is 1850 g/mol. The Morgan fingerprint density at radius 3 is 0.881 bits per heavy atom. The van der Waals surface area contributed by atoms with Crippen molar-refractivity contribution in [2.75, 3.05) is 0 Å². The molecule has 14 nitrogen and oxygen atoms in total. The van der Waals surface area contributed by atoms with Gasteiger partial charge in [0.05, 0.1) is 0 Å². The van der Waals surface area contributed by atoms with Crippen LogP contribution in [0.1, 0.15) is 94.3 Å². The summed E-state index contributed by atoms with van der Waals surface area (Å²) in [5.41, 5.74) is 34.6. The van der Waals surface area contributed by atoms with Crippen molar-refractivity contribution in [3.05, 3.63) is 452 Å². The molecule has 0 bridgehead atoms. The van der Waals surface area contributed by atoms with Gasteiger partial charge in [0.15, 0.2) is 52.4 Å². The Morgan fingerprint density at radius 1 is 0.196 bits per heavy atom. The summed E-state index contributed by atoms with van der Waals surface area (Å²) in [7, 11) is 0. The van der Waals surface area contributed by atoms with Gasteiger partial charge in [-0.3, -0.25) is 9.97 Å². The van der Waals surface area contributed by atoms with E-state index in [1.807, 2.05) is 170 Å². The van der Waals surface area contributed by atoms with E-state index in [2.05, 4.69) is 296 Å². The van der Waals surface area contributed by atoms with Crippen LogP contribution in [0.25, 0.3) is 224 Å². The van der Waals surface area contributed by atoms with Gasteiger partial charge in [0.2, 0.25) is 0 Å². The van der Waals surface area contributed by atoms with Gasteiger partial charge in [-0.2, -0.15) is 0 Å². The zero-order valence-corrected chi connectivity index (χ0v) is 80.1. The molecule has 8 heterocycles. The molecule has 0 aliphatic heterocycles. The Bertz CT molecular complexity index is 8890. The lowest BCUT2D eigenvalue weighted by atomic mass is 9.63. The fraction of sp³-hybridized carbons (Fsp3) is 0.109. The van der Waals surface area contributed by atoms with Crippen molar-refractivity contribution in [3.63, 3.8) is 0 Å². The first kappa shape index (κ1) is 86.8. The average molecular weight is 1850 g/mol. The van der Waals surface area contributed by atoms with Gasteiger partial charge in [0.25, 0.3) is 0 Å². The highest BCUT2D eigenvalue weighted by Gasteiger charge is 2.49. The number of rotatable bonds is 15. The van der Waals surface area contributed by atoms with Gasteiger partial charge in [0, 0.05) is 99.9 Å². The largest absolute Gasteiger partial charge is 0.456 e. The summed E-state index contributed by atoms with van der Waals surface area (Å²) >= 11 is 0. The lowest BCUT2D eigenvalue weighted by Crippen LogP contribution is -2.37. The summed E-state index contributed by atoms with van der Waals surface area (Å²) in [6.45, 7) is 18.7. The second-order valence-corrected chi connectivity index (χ2v) is 38.8. The lowest BCUT2D eigenvalue weighted by molar-refractivity contribution is 0.280. The van der Waals surface area contributed by atoms with E-state index in [-0.39, 0.29) is 16.2 Å². The Hall–Kier alpha value is -17.8. The zero-order chi connectivity index (χ0) is 96.4. The highest BCUT2D eigenvalue weighted by atomic mass is 16.3. The molecule has 0 saturated carbocycles. The number of hydrogen-bond acceptors (Lipinski definition) is 14. The van der Waals surface area contributed by atoms with Crippen molar-refractivity contribution >= 4 is 65.8 Å². The summed E-state index contributed by atoms with van der Waals surface area (Å²) in [4.78, 5) is 52.8. The van der Waals surface area contributed by atoms with Gasteiger partial charge in [0.1, 0.15) is 44.9 Å². The van der Waals surface area contributed by atoms with Crippen LogP contribution in [0.2, 0.25) is 0 Å². The summed E-state index contributed by atoms with van der Waals surface area (Å²) in [5.74, 6) is 6.77. The maximum absolute atomic E-state index is 6.56. The molecule has 3 aliphatic carbocycles. The number of pyridine rings is 2. The molecule has 3 aliphatic rings. The SMILES string of the molecule is CC(C)C1(C(C)C)c2ccccc2-c2cc3c(cc21)oc1ccc(-c2ccc(-c4nc(-c5ccccc5)nc(-c5ccccn5)n4)cc2)cc13.CC(C)C1(C)c2ccccc2-c2cc3c(cc21)oc1ccc(-c2nc(-c4ccccc4)nc(-c4ccccn4)n2)cc13.CC1(c2ccccc2)c2ccccc2-c2cc3c(cc21)oc1ccc(-c2ccc(-c4nc(-c5ccccc5)nc(-c5ccccc5)n4)cc2)cc13. The molecule has 143 heavy (non-hydrogen) atoms. The summed E-state index contributed by atoms with van der Waals surface area (Å²) < 4.78 is 19.6. The van der Waals surface area contributed by atoms with Crippen molar-refractivity contribution in [2.24, 2.45) is 17.8 Å². The molecular weight excluding hydrogens is 1750 g/mol. The summed E-state index contributed by atoms with van der Waals surface area (Å²) in [5, 5.41) is 6.64. The van der Waals surface area contributed by atoms with Gasteiger partial charge >= 0.3 is 0 Å². The van der Waals surface area contributed by atoms with E-state index in [4.69, 9.17) is 58.1 Å². The Morgan fingerprint density at radius 2 is 0.483 bits per heavy atom. The molecular formula is C129H95N11O3. The summed E-state index contributed by atoms with van der Waals surface area (Å²) in [6, 6.07) is 139. The summed E-state index contributed by atoms with van der Waals surface area (Å²) in [6.07, 6.45) is 3.51. The third-order valence-electron chi connectivity index (χ3n) is 29.9. The topological polar surface area (TPSA) is 181 Å². The number of fused-ring (bicyclic) bond motifs is 18. The number of furan rings is 3. The van der Waals surface area contributed by atoms with E-state index in [0.717, 1.165) is 127 Å². The maximum atomic E-state index is 6.56. The molecule has 0 spiro atoms. The zero-order valence-electron chi connectivity index (χ0n) is 80.1. The molecule has 14 heteroatoms. The van der Waals surface area contributed by atoms with Crippen molar-refractivity contribution in [3.8, 4) is 158 Å². The number of aromatic nitrogens is 11. The van der Waals surface area contributed by atoms with Crippen LogP contribution in [0, 0.1) is 17.8 Å². The number of nitrogens with zero attached hydrogens (tertiary/aromatic N) is 11. The second-order valence-electron chi connectivity index (χ2n) is 38.8. The molecule has 684 valence electrons. The first-order chi connectivity index (χ1) is 70.0. The predicted molar refractivity (Wildman–Crippen MR) is 577 cm³/mol. The fourth-order valence-electron chi connectivity index (χ4n) is 22.5. The molecule has 8 aromatic heterocycles. The third kappa shape index (κ3) is 14.8. The second kappa shape index (κ2) is 35.0. The minimum atomic E-state index is -0.268. The van der Waals surface area contributed by atoms with Crippen LogP contribution in [0.3, 0.4) is 0 Å². The van der Waals surface area contributed by atoms with E-state index in [0.29, 0.717) is 81.6 Å². The van der Waals surface area contributed by atoms with Crippen LogP contribution >= 0.6 is 0 Å². The van der Waals surface area contributed by atoms with Gasteiger partial charge < -0.3 is 13.3 Å². The van der Waals surface area contributed by atoms with E-state index in [1.54, 1.807) is 12.4 Å². The van der Waals surface area contributed by atoms with Gasteiger partial charge in [-0.25, -0.2) is 44.9 Å². The van der Waals surface area contributed by atoms with E-state index >= 15 is 0 Å². The molecule has 0 amide bonds. The van der Waals surface area contributed by atoms with E-state index in [9.17, 15) is 0 Å². The standard InChI is InChI=1S/C47H31N3O.C45H36N4O.C37H28N4O/c1-47(35-17-9-4-10-18-35)40-20-12-11-19-36(40)37-28-39-38-27-34(25-26-42(38)51-43(39)29-41(37)47)30-21-23-33(24-22-30)46-49-44(31-13-5-2-6-14-31)48-45(50-46)32-15-7-3-8-16-32;1-27(2)45(28(3)4)37-15-9-8-14-33(37)34-25-36-35-24-32(21-22-40(35)50-41(36)26-38(34)45)29-17-19-31(20-18-29)43-47-42(30-12-6-5-7-13-30)48-44(49-43)39-16-10-11-23-46-39;1-22(2)37(3)29-14-8-7-13-25(29)26-20-28-27-19-24(16-17-32(27)42-33(28)21-30(26)37)35-39-34(23-11-5-4-6-12-23)40-36(41-35)31-15-9-10-18-38-31/h2-29H,1H3;5-28H,1-4H3;4-22H,1-3H3. The van der Waals surface area contributed by atoms with Crippen LogP contribution in [0.15, 0.2) is 426 Å². The molecule has 0 radical (unpaired) electrons. The van der Waals surface area contributed by atoms with Crippen LogP contribution in [0.5, 0.6) is 0 Å². The lowest BCUT2D eigenvalue weighted by Gasteiger charge is -2.40. The van der Waals surface area contributed by atoms with Crippen LogP contribution in [0.4, 0.5) is 0 Å². The fourth-order valence-corrected chi connectivity index (χ4v) is 22.5. The molecule has 0 fully saturated rings. The molecule has 24 aromatic rings. The first-order valence-electron chi connectivity index (χ1n) is 49.0. The predicted octanol–water partition coefficient (Wildman–Crippen LogP) is 32.3. The van der Waals surface area contributed by atoms with Gasteiger partial charge in [-0.15, -0.1) is 0 Å². The van der Waals surface area contributed by atoms with E-state index < -0.39 is 0 Å². The quantitative estimate of drug-likeness (QED) is 0.0945. The number of benzene rings is 16. The molecule has 2 unspecified atom stereocenters. The molecule has 16 aromatic carbocycles. The van der Waals surface area contributed by atoms with E-state index in [1.165, 1.54) is 72.3 Å². The van der Waals surface area contributed by atoms with Crippen LogP contribution in [-0.4, -0.2) is 54.8 Å². The van der Waals surface area contributed by atoms with Crippen molar-refractivity contribution < 1.29 is 13.3 Å². The van der Waals surface area contributed by atoms with Crippen molar-refractivity contribution in [1.82, 2.24) is 54.8 Å².